The lowest BCUT2D eigenvalue weighted by Crippen LogP contribution is -2.09. The Morgan fingerprint density at radius 3 is 0.972 bits per heavy atom. The average molecular weight is 496 g/mol. The zero-order valence-corrected chi connectivity index (χ0v) is 21.4. The summed E-state index contributed by atoms with van der Waals surface area (Å²) in [6.07, 6.45) is 0. The first kappa shape index (κ1) is 23.7. The highest BCUT2D eigenvalue weighted by molar-refractivity contribution is 7.77. The molecule has 0 unspecified atom stereocenters. The minimum atomic E-state index is -0.797. The van der Waals surface area contributed by atoms with Crippen molar-refractivity contribution in [1.82, 2.24) is 4.98 Å². The van der Waals surface area contributed by atoms with Crippen LogP contribution in [0.2, 0.25) is 0 Å². The largest absolute Gasteiger partial charge is 0.231 e. The van der Waals surface area contributed by atoms with Crippen molar-refractivity contribution < 1.29 is 0 Å². The van der Waals surface area contributed by atoms with Gasteiger partial charge in [0.2, 0.25) is 0 Å². The van der Waals surface area contributed by atoms with Crippen LogP contribution < -0.4 is 21.2 Å². The van der Waals surface area contributed by atoms with Crippen LogP contribution in [0.4, 0.5) is 0 Å². The summed E-state index contributed by atoms with van der Waals surface area (Å²) in [5.41, 5.74) is 8.52. The Labute approximate surface area is 215 Å². The number of pyridine rings is 1. The summed E-state index contributed by atoms with van der Waals surface area (Å²) >= 11 is 0. The lowest BCUT2D eigenvalue weighted by atomic mass is 10.3. The van der Waals surface area contributed by atoms with Gasteiger partial charge in [0.1, 0.15) is 11.4 Å². The van der Waals surface area contributed by atoms with E-state index in [1.807, 2.05) is 42.5 Å². The zero-order valence-electron chi connectivity index (χ0n) is 19.6. The molecule has 0 aliphatic rings. The summed E-state index contributed by atoms with van der Waals surface area (Å²) in [7, 11) is -1.59. The zero-order chi connectivity index (χ0) is 24.4. The van der Waals surface area contributed by atoms with E-state index in [1.165, 1.54) is 21.2 Å². The fourth-order valence-electron chi connectivity index (χ4n) is 3.66. The molecule has 1 heterocycles. The van der Waals surface area contributed by atoms with E-state index in [0.717, 1.165) is 11.4 Å². The van der Waals surface area contributed by atoms with E-state index in [2.05, 4.69) is 120 Å². The molecule has 0 spiro atoms. The average Bonchev–Trinajstić information content (AvgIpc) is 2.96. The minimum absolute atomic E-state index is 0.741. The van der Waals surface area contributed by atoms with Crippen molar-refractivity contribution in [3.8, 4) is 23.2 Å². The smallest absolute Gasteiger partial charge is 0.115 e. The van der Waals surface area contributed by atoms with Crippen LogP contribution >= 0.6 is 15.8 Å². The minimum Gasteiger partial charge on any atom is -0.231 e. The first-order chi connectivity index (χ1) is 17.9. The van der Waals surface area contributed by atoms with E-state index in [-0.39, 0.29) is 0 Å². The molecule has 0 fully saturated rings. The maximum absolute atomic E-state index is 4.76. The lowest BCUT2D eigenvalue weighted by molar-refractivity contribution is 1.25. The number of benzene rings is 4. The molecule has 0 saturated heterocycles. The molecule has 0 atom stereocenters. The van der Waals surface area contributed by atoms with Crippen LogP contribution in [0.3, 0.4) is 0 Å². The van der Waals surface area contributed by atoms with Gasteiger partial charge >= 0.3 is 0 Å². The molecule has 1 aromatic heterocycles. The molecule has 5 rings (SSSR count). The summed E-state index contributed by atoms with van der Waals surface area (Å²) in [5, 5.41) is 4.94. The van der Waals surface area contributed by atoms with E-state index in [0.29, 0.717) is 0 Å². The SMILES string of the molecule is C(#CP(c1ccccc1)c1ccccc1)c1cccc(C#CP(c2ccccc2)c2ccccc2)n1. The Balaban J connectivity index is 1.46. The van der Waals surface area contributed by atoms with Gasteiger partial charge in [0.25, 0.3) is 0 Å². The van der Waals surface area contributed by atoms with Crippen LogP contribution in [0.25, 0.3) is 0 Å². The molecule has 36 heavy (non-hydrogen) atoms. The summed E-state index contributed by atoms with van der Waals surface area (Å²) in [6.45, 7) is 0. The number of rotatable bonds is 4. The third-order valence-corrected chi connectivity index (χ3v) is 9.33. The van der Waals surface area contributed by atoms with Gasteiger partial charge < -0.3 is 0 Å². The Hall–Kier alpha value is -3.99. The molecule has 5 aromatic rings. The molecule has 0 aliphatic heterocycles. The van der Waals surface area contributed by atoms with Crippen molar-refractivity contribution in [2.45, 2.75) is 0 Å². The molecule has 170 valence electrons. The van der Waals surface area contributed by atoms with Gasteiger partial charge in [0, 0.05) is 15.8 Å². The second kappa shape index (κ2) is 12.1. The Kier molecular flexibility index (Phi) is 7.99. The number of hydrogen-bond donors (Lipinski definition) is 0. The first-order valence-electron chi connectivity index (χ1n) is 11.7. The second-order valence-electron chi connectivity index (χ2n) is 7.89. The van der Waals surface area contributed by atoms with E-state index >= 15 is 0 Å². The monoisotopic (exact) mass is 495 g/mol. The molecule has 0 N–H and O–H groups in total. The maximum atomic E-state index is 4.76. The molecule has 1 nitrogen and oxygen atoms in total. The van der Waals surface area contributed by atoms with Gasteiger partial charge in [-0.15, -0.1) is 0 Å². The second-order valence-corrected chi connectivity index (χ2v) is 11.7. The van der Waals surface area contributed by atoms with E-state index in [4.69, 9.17) is 4.98 Å². The third-order valence-electron chi connectivity index (χ3n) is 5.40. The van der Waals surface area contributed by atoms with Gasteiger partial charge in [0.05, 0.1) is 0 Å². The predicted molar refractivity (Wildman–Crippen MR) is 156 cm³/mol. The van der Waals surface area contributed by atoms with Gasteiger partial charge in [-0.3, -0.25) is 0 Å². The van der Waals surface area contributed by atoms with Crippen LogP contribution in [0.15, 0.2) is 140 Å². The van der Waals surface area contributed by atoms with Gasteiger partial charge in [-0.1, -0.05) is 139 Å². The fourth-order valence-corrected chi connectivity index (χ4v) is 7.11. The van der Waals surface area contributed by atoms with Crippen molar-refractivity contribution >= 4 is 37.1 Å². The molecule has 0 saturated carbocycles. The molecular formula is C33H23NP2. The van der Waals surface area contributed by atoms with E-state index < -0.39 is 15.8 Å². The topological polar surface area (TPSA) is 12.9 Å². The first-order valence-corrected chi connectivity index (χ1v) is 14.4. The summed E-state index contributed by atoms with van der Waals surface area (Å²) in [4.78, 5) is 4.76. The predicted octanol–water partition coefficient (Wildman–Crippen LogP) is 5.97. The van der Waals surface area contributed by atoms with Crippen LogP contribution in [0.5, 0.6) is 0 Å². The van der Waals surface area contributed by atoms with Crippen LogP contribution in [0, 0.1) is 23.2 Å². The van der Waals surface area contributed by atoms with Crippen molar-refractivity contribution in [2.75, 3.05) is 0 Å². The van der Waals surface area contributed by atoms with Gasteiger partial charge in [-0.2, -0.15) is 0 Å². The lowest BCUT2D eigenvalue weighted by Gasteiger charge is -2.11. The Bertz CT molecular complexity index is 1330. The normalized spacial score (nSPS) is 10.3. The highest BCUT2D eigenvalue weighted by Crippen LogP contribution is 2.32. The maximum Gasteiger partial charge on any atom is 0.115 e. The molecule has 4 aromatic carbocycles. The molecule has 0 amide bonds. The number of hydrogen-bond acceptors (Lipinski definition) is 1. The molecule has 0 radical (unpaired) electrons. The molecule has 0 aliphatic carbocycles. The van der Waals surface area contributed by atoms with Crippen LogP contribution in [-0.2, 0) is 0 Å². The van der Waals surface area contributed by atoms with Gasteiger partial charge in [0.15, 0.2) is 0 Å². The van der Waals surface area contributed by atoms with Crippen molar-refractivity contribution in [2.24, 2.45) is 0 Å². The molecule has 0 bridgehead atoms. The number of nitrogens with zero attached hydrogens (tertiary/aromatic N) is 1. The highest BCUT2D eigenvalue weighted by atomic mass is 31.1. The number of aromatic nitrogens is 1. The summed E-state index contributed by atoms with van der Waals surface area (Å²) < 4.78 is 0. The van der Waals surface area contributed by atoms with Crippen LogP contribution in [-0.4, -0.2) is 4.98 Å². The summed E-state index contributed by atoms with van der Waals surface area (Å²) in [6, 6.07) is 47.8. The van der Waals surface area contributed by atoms with E-state index in [9.17, 15) is 0 Å². The highest BCUT2D eigenvalue weighted by Gasteiger charge is 2.11. The van der Waals surface area contributed by atoms with Crippen molar-refractivity contribution in [3.63, 3.8) is 0 Å². The van der Waals surface area contributed by atoms with Gasteiger partial charge in [-0.25, -0.2) is 4.98 Å². The van der Waals surface area contributed by atoms with Crippen molar-refractivity contribution in [1.29, 1.82) is 0 Å². The Morgan fingerprint density at radius 2 is 0.667 bits per heavy atom. The molecule has 3 heteroatoms. The fraction of sp³-hybridized carbons (Fsp3) is 0. The quantitative estimate of drug-likeness (QED) is 0.221. The van der Waals surface area contributed by atoms with Gasteiger partial charge in [-0.05, 0) is 45.2 Å². The summed E-state index contributed by atoms with van der Waals surface area (Å²) in [5.74, 6) is 6.68. The Morgan fingerprint density at radius 1 is 0.361 bits per heavy atom. The molecular weight excluding hydrogens is 472 g/mol. The standard InChI is InChI=1S/C33H23NP2/c1-5-16-30(17-6-1)35(31-18-7-2-8-19-31)26-24-28-14-13-15-29(34-28)25-27-36(32-20-9-3-10-21-32)33-22-11-4-12-23-33/h1-23H. The third kappa shape index (κ3) is 6.16. The van der Waals surface area contributed by atoms with E-state index in [1.54, 1.807) is 0 Å². The van der Waals surface area contributed by atoms with Crippen LogP contribution in [0.1, 0.15) is 11.4 Å². The van der Waals surface area contributed by atoms with Crippen molar-refractivity contribution in [3.05, 3.63) is 151 Å².